The number of benzene rings is 1. The number of aromatic amines is 1. The number of carbonyl (C=O) groups excluding carboxylic acids is 2. The maximum absolute atomic E-state index is 12.5. The van der Waals surface area contributed by atoms with Crippen molar-refractivity contribution < 1.29 is 9.59 Å². The van der Waals surface area contributed by atoms with Gasteiger partial charge in [-0.05, 0) is 30.7 Å². The summed E-state index contributed by atoms with van der Waals surface area (Å²) in [5.41, 5.74) is 1.86. The highest BCUT2D eigenvalue weighted by Crippen LogP contribution is 2.25. The molecule has 1 amide bonds. The first-order valence-electron chi connectivity index (χ1n) is 8.42. The Hall–Kier alpha value is -2.65. The second-order valence-corrected chi connectivity index (χ2v) is 8.09. The van der Waals surface area contributed by atoms with Gasteiger partial charge in [0.15, 0.2) is 10.9 Å². The summed E-state index contributed by atoms with van der Waals surface area (Å²) in [7, 11) is 0. The molecule has 0 spiro atoms. The van der Waals surface area contributed by atoms with Crippen molar-refractivity contribution in [3.63, 3.8) is 0 Å². The number of thiophene rings is 1. The average molecular weight is 400 g/mol. The Morgan fingerprint density at radius 2 is 2.11 bits per heavy atom. The van der Waals surface area contributed by atoms with Crippen LogP contribution in [0.2, 0.25) is 0 Å². The Kier molecular flexibility index (Phi) is 4.95. The molecule has 9 heteroatoms. The highest BCUT2D eigenvalue weighted by molar-refractivity contribution is 7.99. The van der Waals surface area contributed by atoms with E-state index in [-0.39, 0.29) is 11.7 Å². The maximum atomic E-state index is 12.5. The lowest BCUT2D eigenvalue weighted by atomic mass is 10.3. The number of nitrogens with one attached hydrogen (secondary N) is 2. The lowest BCUT2D eigenvalue weighted by Crippen LogP contribution is -2.22. The largest absolute Gasteiger partial charge is 0.356 e. The topological polar surface area (TPSA) is 92.1 Å². The molecule has 0 bridgehead atoms. The number of H-pyrrole nitrogens is 1. The van der Waals surface area contributed by atoms with Gasteiger partial charge in [-0.25, -0.2) is 10.1 Å². The van der Waals surface area contributed by atoms with E-state index >= 15 is 0 Å². The lowest BCUT2D eigenvalue weighted by Gasteiger charge is -1.99. The normalized spacial score (nSPS) is 11.3. The fourth-order valence-corrected chi connectivity index (χ4v) is 4.64. The summed E-state index contributed by atoms with van der Waals surface area (Å²) in [4.78, 5) is 29.7. The molecule has 3 heterocycles. The zero-order valence-corrected chi connectivity index (χ0v) is 16.2. The van der Waals surface area contributed by atoms with Crippen LogP contribution in [0, 0.1) is 0 Å². The fraction of sp³-hybridized carbons (Fsp3) is 0.222. The van der Waals surface area contributed by atoms with E-state index < -0.39 is 0 Å². The molecular weight excluding hydrogens is 382 g/mol. The molecule has 0 aliphatic carbocycles. The first-order valence-corrected chi connectivity index (χ1v) is 10.2. The van der Waals surface area contributed by atoms with E-state index in [2.05, 4.69) is 20.5 Å². The standard InChI is InChI=1S/C18H17N5O2S2/c1-11(24)19-9-8-12-6-7-16(27-12)15(25)10-26-18-22-21-17-20-13-4-2-3-5-14(13)23(17)18/h2-7H,8-10H2,1H3,(H,19,24)(H,20,21). The van der Waals surface area contributed by atoms with Crippen LogP contribution in [0.1, 0.15) is 21.5 Å². The lowest BCUT2D eigenvalue weighted by molar-refractivity contribution is -0.118. The zero-order valence-electron chi connectivity index (χ0n) is 14.6. The van der Waals surface area contributed by atoms with Gasteiger partial charge < -0.3 is 5.32 Å². The van der Waals surface area contributed by atoms with Crippen molar-refractivity contribution in [1.29, 1.82) is 0 Å². The van der Waals surface area contributed by atoms with Crippen LogP contribution in [-0.2, 0) is 11.2 Å². The van der Waals surface area contributed by atoms with E-state index in [1.54, 1.807) is 0 Å². The van der Waals surface area contributed by atoms with Gasteiger partial charge in [-0.3, -0.25) is 14.0 Å². The van der Waals surface area contributed by atoms with E-state index in [0.29, 0.717) is 18.1 Å². The summed E-state index contributed by atoms with van der Waals surface area (Å²) < 4.78 is 1.93. The van der Waals surface area contributed by atoms with Crippen LogP contribution in [0.25, 0.3) is 16.8 Å². The van der Waals surface area contributed by atoms with Gasteiger partial charge in [-0.15, -0.1) is 16.4 Å². The van der Waals surface area contributed by atoms with Crippen LogP contribution >= 0.6 is 23.1 Å². The van der Waals surface area contributed by atoms with Crippen LogP contribution < -0.4 is 5.32 Å². The van der Waals surface area contributed by atoms with Crippen molar-refractivity contribution in [2.24, 2.45) is 0 Å². The molecule has 7 nitrogen and oxygen atoms in total. The van der Waals surface area contributed by atoms with Gasteiger partial charge in [-0.1, -0.05) is 23.9 Å². The Balaban J connectivity index is 1.43. The van der Waals surface area contributed by atoms with Gasteiger partial charge in [0.05, 0.1) is 21.7 Å². The number of ketones is 1. The molecule has 0 aliphatic heterocycles. The third-order valence-electron chi connectivity index (χ3n) is 4.02. The minimum absolute atomic E-state index is 0.0448. The van der Waals surface area contributed by atoms with Gasteiger partial charge in [0.1, 0.15) is 0 Å². The second-order valence-electron chi connectivity index (χ2n) is 5.98. The number of aromatic nitrogens is 4. The minimum atomic E-state index is -0.0448. The first-order chi connectivity index (χ1) is 13.1. The summed E-state index contributed by atoms with van der Waals surface area (Å²) in [6, 6.07) is 11.6. The van der Waals surface area contributed by atoms with Crippen molar-refractivity contribution in [3.8, 4) is 0 Å². The maximum Gasteiger partial charge on any atom is 0.231 e. The number of hydrogen-bond donors (Lipinski definition) is 2. The molecular formula is C18H17N5O2S2. The second kappa shape index (κ2) is 7.53. The average Bonchev–Trinajstić information content (AvgIpc) is 3.34. The quantitative estimate of drug-likeness (QED) is 0.368. The van der Waals surface area contributed by atoms with Gasteiger partial charge in [0.2, 0.25) is 11.7 Å². The van der Waals surface area contributed by atoms with Crippen LogP contribution in [-0.4, -0.2) is 43.6 Å². The van der Waals surface area contributed by atoms with Crippen molar-refractivity contribution in [2.45, 2.75) is 18.5 Å². The van der Waals surface area contributed by atoms with Gasteiger partial charge in [-0.2, -0.15) is 0 Å². The monoisotopic (exact) mass is 399 g/mol. The highest BCUT2D eigenvalue weighted by Gasteiger charge is 2.15. The van der Waals surface area contributed by atoms with Crippen molar-refractivity contribution >= 4 is 51.6 Å². The predicted molar refractivity (Wildman–Crippen MR) is 107 cm³/mol. The van der Waals surface area contributed by atoms with Gasteiger partial charge >= 0.3 is 0 Å². The SMILES string of the molecule is CC(=O)NCCc1ccc(C(=O)CSc2n[nH]c3nc4ccccc4n23)s1. The molecule has 0 saturated carbocycles. The van der Waals surface area contributed by atoms with Crippen LogP contribution in [0.3, 0.4) is 0 Å². The molecule has 2 N–H and O–H groups in total. The van der Waals surface area contributed by atoms with Gasteiger partial charge in [0, 0.05) is 18.3 Å². The third kappa shape index (κ3) is 3.74. The van der Waals surface area contributed by atoms with E-state index in [9.17, 15) is 9.59 Å². The minimum Gasteiger partial charge on any atom is -0.356 e. The summed E-state index contributed by atoms with van der Waals surface area (Å²) in [5, 5.41) is 10.7. The van der Waals surface area contributed by atoms with Crippen LogP contribution in [0.5, 0.6) is 0 Å². The molecule has 138 valence electrons. The fourth-order valence-electron chi connectivity index (χ4n) is 2.76. The molecule has 3 aromatic heterocycles. The Bertz CT molecular complexity index is 1130. The molecule has 1 aromatic carbocycles. The number of Topliss-reactive ketones (excluding diaryl/α,β-unsaturated/α-hetero) is 1. The third-order valence-corrected chi connectivity index (χ3v) is 6.14. The molecule has 0 fully saturated rings. The number of fused-ring (bicyclic) bond motifs is 3. The van der Waals surface area contributed by atoms with Crippen molar-refractivity contribution in [1.82, 2.24) is 24.9 Å². The van der Waals surface area contributed by atoms with E-state index in [0.717, 1.165) is 32.4 Å². The number of hydrogen-bond acceptors (Lipinski definition) is 6. The number of para-hydroxylation sites is 2. The molecule has 0 saturated heterocycles. The number of rotatable bonds is 7. The first kappa shape index (κ1) is 17.7. The number of thioether (sulfide) groups is 1. The molecule has 27 heavy (non-hydrogen) atoms. The predicted octanol–water partition coefficient (Wildman–Crippen LogP) is 2.93. The van der Waals surface area contributed by atoms with Crippen LogP contribution in [0.15, 0.2) is 41.6 Å². The summed E-state index contributed by atoms with van der Waals surface area (Å²) >= 11 is 2.87. The number of carbonyl (C=O) groups is 2. The number of nitrogens with zero attached hydrogens (tertiary/aromatic N) is 3. The van der Waals surface area contributed by atoms with E-state index in [4.69, 9.17) is 0 Å². The number of imidazole rings is 1. The highest BCUT2D eigenvalue weighted by atomic mass is 32.2. The van der Waals surface area contributed by atoms with E-state index in [1.807, 2.05) is 40.8 Å². The van der Waals surface area contributed by atoms with Gasteiger partial charge in [0.25, 0.3) is 0 Å². The molecule has 0 unspecified atom stereocenters. The Labute approximate surface area is 163 Å². The summed E-state index contributed by atoms with van der Waals surface area (Å²) in [5.74, 6) is 0.994. The smallest absolute Gasteiger partial charge is 0.231 e. The summed E-state index contributed by atoms with van der Waals surface area (Å²) in [6.45, 7) is 2.08. The zero-order chi connectivity index (χ0) is 18.8. The Morgan fingerprint density at radius 1 is 1.26 bits per heavy atom. The van der Waals surface area contributed by atoms with Crippen molar-refractivity contribution in [3.05, 3.63) is 46.2 Å². The molecule has 4 aromatic rings. The van der Waals surface area contributed by atoms with E-state index in [1.165, 1.54) is 30.0 Å². The molecule has 4 rings (SSSR count). The summed E-state index contributed by atoms with van der Waals surface area (Å²) in [6.07, 6.45) is 0.728. The van der Waals surface area contributed by atoms with Crippen molar-refractivity contribution in [2.75, 3.05) is 12.3 Å². The molecule has 0 radical (unpaired) electrons. The number of amides is 1. The Morgan fingerprint density at radius 3 is 2.96 bits per heavy atom. The molecule has 0 atom stereocenters. The molecule has 0 aliphatic rings. The van der Waals surface area contributed by atoms with Crippen LogP contribution in [0.4, 0.5) is 0 Å².